The first-order chi connectivity index (χ1) is 12.4. The number of carbonyl (C=O) groups is 1. The summed E-state index contributed by atoms with van der Waals surface area (Å²) in [7, 11) is 3.93. The molecule has 1 aliphatic heterocycles. The minimum atomic E-state index is -0.343. The smallest absolute Gasteiger partial charge is 0.287 e. The molecule has 2 N–H and O–H groups in total. The number of aliphatic imine (C=N–C) groups is 1. The van der Waals surface area contributed by atoms with Gasteiger partial charge in [-0.05, 0) is 27.0 Å². The molecule has 0 spiro atoms. The van der Waals surface area contributed by atoms with Crippen LogP contribution < -0.4 is 5.32 Å². The second-order valence-corrected chi connectivity index (χ2v) is 6.82. The predicted octanol–water partition coefficient (Wildman–Crippen LogP) is 0.664. The van der Waals surface area contributed by atoms with E-state index in [-0.39, 0.29) is 23.0 Å². The third-order valence-electron chi connectivity index (χ3n) is 4.73. The summed E-state index contributed by atoms with van der Waals surface area (Å²) < 4.78 is 0. The number of nitriles is 1. The molecule has 0 atom stereocenters. The molecule has 0 saturated carbocycles. The molecule has 26 heavy (non-hydrogen) atoms. The molecule has 1 saturated heterocycles. The maximum Gasteiger partial charge on any atom is 0.287 e. The molecule has 0 aromatic carbocycles. The van der Waals surface area contributed by atoms with Crippen LogP contribution in [0.1, 0.15) is 30.2 Å². The Bertz CT molecular complexity index is 718. The van der Waals surface area contributed by atoms with Crippen molar-refractivity contribution < 1.29 is 4.79 Å². The van der Waals surface area contributed by atoms with Gasteiger partial charge in [-0.3, -0.25) is 14.7 Å². The Labute approximate surface area is 154 Å². The van der Waals surface area contributed by atoms with E-state index in [2.05, 4.69) is 51.0 Å². The zero-order valence-electron chi connectivity index (χ0n) is 15.9. The molecule has 0 radical (unpaired) electrons. The van der Waals surface area contributed by atoms with E-state index in [1.54, 1.807) is 7.05 Å². The van der Waals surface area contributed by atoms with Gasteiger partial charge in [0.1, 0.15) is 6.07 Å². The number of likely N-dealkylation sites (N-methyl/N-ethyl adjacent to an activating group) is 1. The van der Waals surface area contributed by atoms with Crippen LogP contribution >= 0.6 is 0 Å². The molecule has 1 fully saturated rings. The zero-order chi connectivity index (χ0) is 19.2. The van der Waals surface area contributed by atoms with Gasteiger partial charge in [-0.1, -0.05) is 6.08 Å². The number of hydrogen-bond donors (Lipinski definition) is 2. The Morgan fingerprint density at radius 3 is 2.73 bits per heavy atom. The molecule has 1 amide bonds. The summed E-state index contributed by atoms with van der Waals surface area (Å²) in [4.78, 5) is 27.7. The number of nitrogens with zero attached hydrogens (tertiary/aromatic N) is 5. The molecule has 140 valence electrons. The summed E-state index contributed by atoms with van der Waals surface area (Å²) >= 11 is 0. The highest BCUT2D eigenvalue weighted by Gasteiger charge is 2.32. The lowest BCUT2D eigenvalue weighted by Crippen LogP contribution is -2.56. The van der Waals surface area contributed by atoms with Crippen molar-refractivity contribution in [2.24, 2.45) is 4.99 Å². The summed E-state index contributed by atoms with van der Waals surface area (Å²) in [6.45, 7) is 8.83. The van der Waals surface area contributed by atoms with Gasteiger partial charge in [0.25, 0.3) is 5.91 Å². The number of H-pyrrole nitrogens is 1. The van der Waals surface area contributed by atoms with Crippen LogP contribution in [0.5, 0.6) is 0 Å². The molecule has 1 aliphatic rings. The number of aromatic amines is 1. The van der Waals surface area contributed by atoms with Gasteiger partial charge in [0, 0.05) is 46.0 Å². The van der Waals surface area contributed by atoms with E-state index in [1.165, 1.54) is 6.20 Å². The van der Waals surface area contributed by atoms with Crippen LogP contribution in [-0.2, 0) is 0 Å². The van der Waals surface area contributed by atoms with E-state index in [0.29, 0.717) is 6.54 Å². The monoisotopic (exact) mass is 357 g/mol. The van der Waals surface area contributed by atoms with Gasteiger partial charge in [-0.25, -0.2) is 4.98 Å². The number of rotatable bonds is 6. The maximum absolute atomic E-state index is 12.0. The summed E-state index contributed by atoms with van der Waals surface area (Å²) in [5.74, 6) is -0.207. The molecule has 8 nitrogen and oxygen atoms in total. The molecule has 2 heterocycles. The lowest BCUT2D eigenvalue weighted by molar-refractivity contribution is 0.0948. The lowest BCUT2D eigenvalue weighted by atomic mass is 9.94. The third kappa shape index (κ3) is 4.77. The second-order valence-electron chi connectivity index (χ2n) is 6.82. The van der Waals surface area contributed by atoms with E-state index < -0.39 is 0 Å². The average Bonchev–Trinajstić information content (AvgIpc) is 3.11. The van der Waals surface area contributed by atoms with E-state index >= 15 is 0 Å². The van der Waals surface area contributed by atoms with Crippen LogP contribution in [0.25, 0.3) is 0 Å². The quantitative estimate of drug-likeness (QED) is 0.729. The minimum Gasteiger partial charge on any atom is -0.346 e. The fourth-order valence-electron chi connectivity index (χ4n) is 2.98. The van der Waals surface area contributed by atoms with Crippen molar-refractivity contribution in [3.63, 3.8) is 0 Å². The van der Waals surface area contributed by atoms with E-state index in [0.717, 1.165) is 31.9 Å². The van der Waals surface area contributed by atoms with Gasteiger partial charge in [0.05, 0.1) is 11.3 Å². The molecule has 0 aliphatic carbocycles. The third-order valence-corrected chi connectivity index (χ3v) is 4.73. The molecule has 0 unspecified atom stereocenters. The first-order valence-corrected chi connectivity index (χ1v) is 8.69. The summed E-state index contributed by atoms with van der Waals surface area (Å²) in [5, 5.41) is 11.5. The highest BCUT2D eigenvalue weighted by atomic mass is 16.2. The highest BCUT2D eigenvalue weighted by molar-refractivity contribution is 6.02. The lowest BCUT2D eigenvalue weighted by Gasteiger charge is -2.43. The minimum absolute atomic E-state index is 0.136. The first kappa shape index (κ1) is 19.8. The number of nitrogens with one attached hydrogen (secondary N) is 2. The molecule has 8 heteroatoms. The van der Waals surface area contributed by atoms with E-state index in [9.17, 15) is 4.79 Å². The zero-order valence-corrected chi connectivity index (χ0v) is 15.9. The van der Waals surface area contributed by atoms with Gasteiger partial charge < -0.3 is 15.2 Å². The number of carbonyl (C=O) groups excluding carboxylic acids is 1. The van der Waals surface area contributed by atoms with Gasteiger partial charge >= 0.3 is 0 Å². The van der Waals surface area contributed by atoms with E-state index in [1.807, 2.05) is 18.2 Å². The number of piperazine rings is 1. The SMILES string of the molecule is C/N=C(\C=C/CNC(=O)c1nc(C#N)c[nH]1)C(C)(C)N1CCN(C)CC1. The largest absolute Gasteiger partial charge is 0.346 e. The van der Waals surface area contributed by atoms with Crippen LogP contribution in [0, 0.1) is 11.3 Å². The highest BCUT2D eigenvalue weighted by Crippen LogP contribution is 2.19. The van der Waals surface area contributed by atoms with Crippen molar-refractivity contribution >= 4 is 11.6 Å². The van der Waals surface area contributed by atoms with Gasteiger partial charge in [-0.2, -0.15) is 5.26 Å². The van der Waals surface area contributed by atoms with Crippen LogP contribution in [0.4, 0.5) is 0 Å². The molecular formula is C18H27N7O. The molecule has 0 bridgehead atoms. The number of aromatic nitrogens is 2. The van der Waals surface area contributed by atoms with Crippen LogP contribution in [0.3, 0.4) is 0 Å². The fourth-order valence-corrected chi connectivity index (χ4v) is 2.98. The van der Waals surface area contributed by atoms with E-state index in [4.69, 9.17) is 5.26 Å². The normalized spacial score (nSPS) is 17.4. The molecule has 2 rings (SSSR count). The summed E-state index contributed by atoms with van der Waals surface area (Å²) in [6, 6.07) is 1.88. The Hall–Kier alpha value is -2.50. The van der Waals surface area contributed by atoms with Crippen LogP contribution in [0.15, 0.2) is 23.3 Å². The Morgan fingerprint density at radius 1 is 1.46 bits per heavy atom. The van der Waals surface area contributed by atoms with Gasteiger partial charge in [0.2, 0.25) is 0 Å². The first-order valence-electron chi connectivity index (χ1n) is 8.69. The molecular weight excluding hydrogens is 330 g/mol. The van der Waals surface area contributed by atoms with Crippen LogP contribution in [0.2, 0.25) is 0 Å². The Kier molecular flexibility index (Phi) is 6.66. The standard InChI is InChI=1S/C18H27N7O/c1-18(2,25-10-8-24(4)9-11-25)15(20-3)6-5-7-21-17(26)16-22-13-14(12-19)23-16/h5-6,13H,7-11H2,1-4H3,(H,21,26)(H,22,23)/b6-5-,20-15+. The van der Waals surface area contributed by atoms with Crippen molar-refractivity contribution in [1.82, 2.24) is 25.1 Å². The predicted molar refractivity (Wildman–Crippen MR) is 101 cm³/mol. The molecule has 1 aromatic heterocycles. The Morgan fingerprint density at radius 2 is 2.15 bits per heavy atom. The summed E-state index contributed by atoms with van der Waals surface area (Å²) in [5.41, 5.74) is 1.00. The van der Waals surface area contributed by atoms with Crippen molar-refractivity contribution in [1.29, 1.82) is 5.26 Å². The number of hydrogen-bond acceptors (Lipinski definition) is 6. The number of amides is 1. The van der Waals surface area contributed by atoms with Gasteiger partial charge in [-0.15, -0.1) is 0 Å². The van der Waals surface area contributed by atoms with Crippen molar-refractivity contribution in [2.75, 3.05) is 46.8 Å². The topological polar surface area (TPSA) is 100 Å². The second kappa shape index (κ2) is 8.74. The van der Waals surface area contributed by atoms with Crippen molar-refractivity contribution in [2.45, 2.75) is 19.4 Å². The Balaban J connectivity index is 1.90. The van der Waals surface area contributed by atoms with Crippen molar-refractivity contribution in [3.05, 3.63) is 29.9 Å². The van der Waals surface area contributed by atoms with Crippen LogP contribution in [-0.4, -0.2) is 83.7 Å². The number of imidazole rings is 1. The maximum atomic E-state index is 12.0. The average molecular weight is 357 g/mol. The fraction of sp³-hybridized carbons (Fsp3) is 0.556. The summed E-state index contributed by atoms with van der Waals surface area (Å²) in [6.07, 6.45) is 5.25. The van der Waals surface area contributed by atoms with Gasteiger partial charge in [0.15, 0.2) is 11.5 Å². The van der Waals surface area contributed by atoms with Crippen molar-refractivity contribution in [3.8, 4) is 6.07 Å². The molecule has 1 aromatic rings.